The number of amides is 1. The van der Waals surface area contributed by atoms with Gasteiger partial charge in [0.05, 0.1) is 39.9 Å². The molecule has 3 unspecified atom stereocenters. The van der Waals surface area contributed by atoms with Crippen molar-refractivity contribution < 1.29 is 32.9 Å². The molecule has 0 aromatic rings. The summed E-state index contributed by atoms with van der Waals surface area (Å²) in [6.07, 6.45) is 80.9. The van der Waals surface area contributed by atoms with Gasteiger partial charge in [-0.05, 0) is 70.6 Å². The van der Waals surface area contributed by atoms with Gasteiger partial charge >= 0.3 is 0 Å². The largest absolute Gasteiger partial charge is 0.756 e. The molecule has 8 nitrogen and oxygen atoms in total. The summed E-state index contributed by atoms with van der Waals surface area (Å²) in [6.45, 7) is 4.67. The second-order valence-electron chi connectivity index (χ2n) is 24.5. The maximum atomic E-state index is 13.0. The summed E-state index contributed by atoms with van der Waals surface area (Å²) in [5.74, 6) is -0.206. The minimum Gasteiger partial charge on any atom is -0.756 e. The van der Waals surface area contributed by atoms with Crippen LogP contribution in [0.15, 0.2) is 48.6 Å². The van der Waals surface area contributed by atoms with E-state index in [0.29, 0.717) is 17.4 Å². The first-order chi connectivity index (χ1) is 38.0. The summed E-state index contributed by atoms with van der Waals surface area (Å²) in [4.78, 5) is 25.6. The van der Waals surface area contributed by atoms with Crippen LogP contribution in [0, 0.1) is 0 Å². The van der Waals surface area contributed by atoms with E-state index in [2.05, 4.69) is 55.6 Å². The van der Waals surface area contributed by atoms with E-state index in [1.165, 1.54) is 270 Å². The van der Waals surface area contributed by atoms with E-state index in [1.54, 1.807) is 6.08 Å². The van der Waals surface area contributed by atoms with Crippen LogP contribution in [0.1, 0.15) is 335 Å². The molecule has 0 heterocycles. The summed E-state index contributed by atoms with van der Waals surface area (Å²) in [6, 6.07) is -0.911. The first kappa shape index (κ1) is 76.5. The van der Waals surface area contributed by atoms with Gasteiger partial charge in [-0.1, -0.05) is 306 Å². The standard InChI is InChI=1S/C69H133N2O6P/c1-6-8-10-12-14-16-18-20-22-24-26-28-30-32-34-35-37-39-41-43-45-47-49-51-53-55-57-59-61-63-69(73)70-67(66-77-78(74,75)76-65-64-71(3,4)5)68(72)62-60-58-56-54-52-50-48-46-44-42-40-38-36-33-31-29-27-25-23-21-19-17-15-13-11-9-7-2/h24,26,44,46,52,54,60,62,67-68,72H,6-23,25,27-43,45,47-51,53,55-59,61,63-66H2,1-5H3,(H-,70,73,74,75)/b26-24-,46-44+,54-52+,62-60+. The van der Waals surface area contributed by atoms with Crippen LogP contribution in [-0.2, 0) is 18.4 Å². The molecule has 0 bridgehead atoms. The summed E-state index contributed by atoms with van der Waals surface area (Å²) < 4.78 is 23.4. The molecule has 0 saturated carbocycles. The summed E-state index contributed by atoms with van der Waals surface area (Å²) in [5.41, 5.74) is 0. The lowest BCUT2D eigenvalue weighted by Crippen LogP contribution is -2.45. The highest BCUT2D eigenvalue weighted by molar-refractivity contribution is 7.45. The summed E-state index contributed by atoms with van der Waals surface area (Å²) >= 11 is 0. The molecule has 460 valence electrons. The molecular formula is C69H133N2O6P. The first-order valence-corrected chi connectivity index (χ1v) is 35.5. The van der Waals surface area contributed by atoms with Crippen molar-refractivity contribution in [2.75, 3.05) is 40.9 Å². The Kier molecular flexibility index (Phi) is 58.9. The highest BCUT2D eigenvalue weighted by Crippen LogP contribution is 2.38. The van der Waals surface area contributed by atoms with Gasteiger partial charge in [0.1, 0.15) is 13.2 Å². The number of carbonyl (C=O) groups excluding carboxylic acids is 1. The van der Waals surface area contributed by atoms with Crippen LogP contribution >= 0.6 is 7.82 Å². The van der Waals surface area contributed by atoms with Crippen LogP contribution < -0.4 is 10.2 Å². The highest BCUT2D eigenvalue weighted by atomic mass is 31.2. The van der Waals surface area contributed by atoms with Crippen molar-refractivity contribution in [2.24, 2.45) is 0 Å². The van der Waals surface area contributed by atoms with Crippen LogP contribution in [0.4, 0.5) is 0 Å². The van der Waals surface area contributed by atoms with E-state index >= 15 is 0 Å². The zero-order chi connectivity index (χ0) is 57.0. The molecular weight excluding hydrogens is 984 g/mol. The second-order valence-corrected chi connectivity index (χ2v) is 25.9. The van der Waals surface area contributed by atoms with E-state index in [-0.39, 0.29) is 12.5 Å². The summed E-state index contributed by atoms with van der Waals surface area (Å²) in [5, 5.41) is 13.9. The summed E-state index contributed by atoms with van der Waals surface area (Å²) in [7, 11) is 1.25. The predicted octanol–water partition coefficient (Wildman–Crippen LogP) is 20.8. The maximum absolute atomic E-state index is 13.0. The van der Waals surface area contributed by atoms with Crippen LogP contribution in [0.25, 0.3) is 0 Å². The molecule has 0 rings (SSSR count). The van der Waals surface area contributed by atoms with Crippen LogP contribution in [0.2, 0.25) is 0 Å². The fourth-order valence-electron chi connectivity index (χ4n) is 10.2. The molecule has 2 N–H and O–H groups in total. The van der Waals surface area contributed by atoms with Gasteiger partial charge in [0.15, 0.2) is 0 Å². The van der Waals surface area contributed by atoms with E-state index in [9.17, 15) is 19.4 Å². The minimum absolute atomic E-state index is 0.00833. The number of nitrogens with one attached hydrogen (secondary N) is 1. The minimum atomic E-state index is -4.61. The van der Waals surface area contributed by atoms with Crippen LogP contribution in [0.3, 0.4) is 0 Å². The van der Waals surface area contributed by atoms with E-state index < -0.39 is 26.6 Å². The van der Waals surface area contributed by atoms with Gasteiger partial charge in [-0.2, -0.15) is 0 Å². The zero-order valence-electron chi connectivity index (χ0n) is 52.6. The zero-order valence-corrected chi connectivity index (χ0v) is 53.5. The number of unbranched alkanes of at least 4 members (excludes halogenated alkanes) is 44. The van der Waals surface area contributed by atoms with Gasteiger partial charge in [0.25, 0.3) is 7.82 Å². The molecule has 0 aromatic carbocycles. The Morgan fingerprint density at radius 3 is 1.04 bits per heavy atom. The monoisotopic (exact) mass is 1120 g/mol. The SMILES string of the molecule is CCCCCCCCCC/C=C\CCCCCCCCCCCCCCCCCCCC(=O)NC(COP(=O)([O-])OCC[N+](C)(C)C)C(O)/C=C/CC/C=C/CC/C=C/CCCCCCCCCCCCCCCCCCC. The lowest BCUT2D eigenvalue weighted by atomic mass is 10.0. The molecule has 1 amide bonds. The first-order valence-electron chi connectivity index (χ1n) is 34.0. The van der Waals surface area contributed by atoms with Crippen molar-refractivity contribution in [3.63, 3.8) is 0 Å². The van der Waals surface area contributed by atoms with Gasteiger partial charge in [-0.15, -0.1) is 0 Å². The Labute approximate surface area is 486 Å². The maximum Gasteiger partial charge on any atom is 0.268 e. The topological polar surface area (TPSA) is 108 Å². The molecule has 78 heavy (non-hydrogen) atoms. The number of phosphoric acid groups is 1. The highest BCUT2D eigenvalue weighted by Gasteiger charge is 2.23. The third kappa shape index (κ3) is 62.1. The number of phosphoric ester groups is 1. The van der Waals surface area contributed by atoms with Gasteiger partial charge in [-0.3, -0.25) is 9.36 Å². The number of carbonyl (C=O) groups is 1. The van der Waals surface area contributed by atoms with Crippen molar-refractivity contribution in [2.45, 2.75) is 347 Å². The van der Waals surface area contributed by atoms with E-state index in [1.807, 2.05) is 27.2 Å². The molecule has 0 fully saturated rings. The Morgan fingerprint density at radius 1 is 0.436 bits per heavy atom. The van der Waals surface area contributed by atoms with Gasteiger partial charge in [0, 0.05) is 6.42 Å². The van der Waals surface area contributed by atoms with Crippen molar-refractivity contribution in [3.05, 3.63) is 48.6 Å². The average molecular weight is 1120 g/mol. The Morgan fingerprint density at radius 2 is 0.718 bits per heavy atom. The van der Waals surface area contributed by atoms with Crippen LogP contribution in [-0.4, -0.2) is 68.5 Å². The molecule has 3 atom stereocenters. The molecule has 0 aliphatic heterocycles. The van der Waals surface area contributed by atoms with Crippen molar-refractivity contribution in [1.29, 1.82) is 0 Å². The van der Waals surface area contributed by atoms with Gasteiger partial charge < -0.3 is 28.8 Å². The fourth-order valence-corrected chi connectivity index (χ4v) is 10.9. The van der Waals surface area contributed by atoms with Crippen molar-refractivity contribution in [3.8, 4) is 0 Å². The van der Waals surface area contributed by atoms with E-state index in [4.69, 9.17) is 9.05 Å². The number of hydrogen-bond acceptors (Lipinski definition) is 6. The van der Waals surface area contributed by atoms with Gasteiger partial charge in [-0.25, -0.2) is 0 Å². The van der Waals surface area contributed by atoms with Crippen molar-refractivity contribution >= 4 is 13.7 Å². The fraction of sp³-hybridized carbons (Fsp3) is 0.870. The van der Waals surface area contributed by atoms with E-state index in [0.717, 1.165) is 44.9 Å². The molecule has 0 aliphatic carbocycles. The van der Waals surface area contributed by atoms with Crippen LogP contribution in [0.5, 0.6) is 0 Å². The Balaban J connectivity index is 4.14. The van der Waals surface area contributed by atoms with Gasteiger partial charge in [0.2, 0.25) is 5.91 Å². The third-order valence-corrected chi connectivity index (χ3v) is 16.5. The number of allylic oxidation sites excluding steroid dienone is 7. The second kappa shape index (κ2) is 60.1. The number of aliphatic hydroxyl groups is 1. The number of rotatable bonds is 63. The number of likely N-dealkylation sites (N-methyl/N-ethyl adjacent to an activating group) is 1. The van der Waals surface area contributed by atoms with Crippen molar-refractivity contribution in [1.82, 2.24) is 5.32 Å². The smallest absolute Gasteiger partial charge is 0.268 e. The number of hydrogen-bond donors (Lipinski definition) is 2. The average Bonchev–Trinajstić information content (AvgIpc) is 3.41. The molecule has 0 spiro atoms. The lowest BCUT2D eigenvalue weighted by molar-refractivity contribution is -0.870. The molecule has 0 radical (unpaired) electrons. The number of aliphatic hydroxyl groups excluding tert-OH is 1. The predicted molar refractivity (Wildman–Crippen MR) is 339 cm³/mol. The Hall–Kier alpha value is -1.54. The number of quaternary nitrogens is 1. The number of nitrogens with zero attached hydrogens (tertiary/aromatic N) is 1. The Bertz CT molecular complexity index is 1410. The third-order valence-electron chi connectivity index (χ3n) is 15.5. The quantitative estimate of drug-likeness (QED) is 0.0272. The lowest BCUT2D eigenvalue weighted by Gasteiger charge is -2.29. The molecule has 0 aromatic heterocycles. The molecule has 0 aliphatic rings. The molecule has 9 heteroatoms. The normalized spacial score (nSPS) is 14.0. The molecule has 0 saturated heterocycles.